The molecule has 1 unspecified atom stereocenters. The fraction of sp³-hybridized carbons (Fsp3) is 0.333. The van der Waals surface area contributed by atoms with E-state index in [1.54, 1.807) is 6.92 Å². The van der Waals surface area contributed by atoms with Gasteiger partial charge >= 0.3 is 6.03 Å². The van der Waals surface area contributed by atoms with Crippen molar-refractivity contribution in [3.8, 4) is 0 Å². The van der Waals surface area contributed by atoms with E-state index in [0.717, 1.165) is 5.56 Å². The molecular weight excluding hydrogens is 220 g/mol. The summed E-state index contributed by atoms with van der Waals surface area (Å²) in [7, 11) is 0. The Hall–Kier alpha value is -1.88. The summed E-state index contributed by atoms with van der Waals surface area (Å²) in [5.74, 6) is -0.502. The standard InChI is InChI=1S/C12H14N2O3/c1-9-7-14(12(16)13-11(9)15)17-8-10-5-3-2-4-6-10/h2-6,9H,7-8H2,1H3,(H,13,15,16). The minimum Gasteiger partial charge on any atom is -0.276 e. The summed E-state index contributed by atoms with van der Waals surface area (Å²) < 4.78 is 0. The van der Waals surface area contributed by atoms with E-state index in [4.69, 9.17) is 4.84 Å². The number of amides is 3. The highest BCUT2D eigenvalue weighted by molar-refractivity contribution is 5.97. The topological polar surface area (TPSA) is 58.6 Å². The van der Waals surface area contributed by atoms with Crippen LogP contribution in [-0.4, -0.2) is 23.5 Å². The lowest BCUT2D eigenvalue weighted by Gasteiger charge is -2.29. The molecule has 90 valence electrons. The molecule has 1 saturated heterocycles. The first-order chi connectivity index (χ1) is 8.16. The average Bonchev–Trinajstić information content (AvgIpc) is 2.33. The molecule has 1 aliphatic rings. The predicted octanol–water partition coefficient (Wildman–Crippen LogP) is 1.31. The van der Waals surface area contributed by atoms with Gasteiger partial charge < -0.3 is 0 Å². The number of nitrogens with one attached hydrogen (secondary N) is 1. The van der Waals surface area contributed by atoms with Crippen LogP contribution in [0.2, 0.25) is 0 Å². The van der Waals surface area contributed by atoms with Gasteiger partial charge in [0.05, 0.1) is 12.5 Å². The second-order valence-corrected chi connectivity index (χ2v) is 4.02. The van der Waals surface area contributed by atoms with Crippen molar-refractivity contribution in [2.45, 2.75) is 13.5 Å². The molecule has 17 heavy (non-hydrogen) atoms. The fourth-order valence-electron chi connectivity index (χ4n) is 1.54. The highest BCUT2D eigenvalue weighted by Crippen LogP contribution is 2.10. The maximum atomic E-state index is 11.4. The van der Waals surface area contributed by atoms with Crippen molar-refractivity contribution in [2.24, 2.45) is 5.92 Å². The summed E-state index contributed by atoms with van der Waals surface area (Å²) in [6, 6.07) is 9.05. The van der Waals surface area contributed by atoms with Gasteiger partial charge in [-0.15, -0.1) is 0 Å². The van der Waals surface area contributed by atoms with Crippen LogP contribution in [0.3, 0.4) is 0 Å². The van der Waals surface area contributed by atoms with Gasteiger partial charge in [0.2, 0.25) is 5.91 Å². The van der Waals surface area contributed by atoms with E-state index in [2.05, 4.69) is 5.32 Å². The zero-order chi connectivity index (χ0) is 12.3. The van der Waals surface area contributed by atoms with Crippen LogP contribution in [0.1, 0.15) is 12.5 Å². The number of carbonyl (C=O) groups excluding carboxylic acids is 2. The third-order valence-electron chi connectivity index (χ3n) is 2.57. The van der Waals surface area contributed by atoms with Crippen molar-refractivity contribution in [1.82, 2.24) is 10.4 Å². The van der Waals surface area contributed by atoms with Gasteiger partial charge in [-0.05, 0) is 5.56 Å². The first-order valence-corrected chi connectivity index (χ1v) is 5.46. The van der Waals surface area contributed by atoms with Crippen LogP contribution < -0.4 is 5.32 Å². The third-order valence-corrected chi connectivity index (χ3v) is 2.57. The SMILES string of the molecule is CC1CN(OCc2ccccc2)C(=O)NC1=O. The Morgan fingerprint density at radius 3 is 2.76 bits per heavy atom. The highest BCUT2D eigenvalue weighted by Gasteiger charge is 2.29. The molecule has 1 aliphatic heterocycles. The quantitative estimate of drug-likeness (QED) is 0.857. The molecule has 1 aromatic rings. The Kier molecular flexibility index (Phi) is 3.39. The van der Waals surface area contributed by atoms with Gasteiger partial charge in [-0.2, -0.15) is 0 Å². The summed E-state index contributed by atoms with van der Waals surface area (Å²) in [4.78, 5) is 28.0. The van der Waals surface area contributed by atoms with Crippen molar-refractivity contribution in [3.63, 3.8) is 0 Å². The predicted molar refractivity (Wildman–Crippen MR) is 60.6 cm³/mol. The van der Waals surface area contributed by atoms with Crippen molar-refractivity contribution in [3.05, 3.63) is 35.9 Å². The smallest absolute Gasteiger partial charge is 0.276 e. The molecular formula is C12H14N2O3. The average molecular weight is 234 g/mol. The van der Waals surface area contributed by atoms with Crippen molar-refractivity contribution in [2.75, 3.05) is 6.54 Å². The summed E-state index contributed by atoms with van der Waals surface area (Å²) in [6.07, 6.45) is 0. The molecule has 0 bridgehead atoms. The monoisotopic (exact) mass is 234 g/mol. The van der Waals surface area contributed by atoms with Gasteiger partial charge in [-0.3, -0.25) is 14.9 Å². The maximum Gasteiger partial charge on any atom is 0.348 e. The summed E-state index contributed by atoms with van der Waals surface area (Å²) in [5.41, 5.74) is 0.977. The van der Waals surface area contributed by atoms with Gasteiger partial charge in [0.1, 0.15) is 6.61 Å². The Balaban J connectivity index is 1.91. The van der Waals surface area contributed by atoms with Gasteiger partial charge in [0.25, 0.3) is 0 Å². The summed E-state index contributed by atoms with van der Waals surface area (Å²) in [6.45, 7) is 2.35. The zero-order valence-corrected chi connectivity index (χ0v) is 9.55. The number of rotatable bonds is 3. The second-order valence-electron chi connectivity index (χ2n) is 4.02. The Bertz CT molecular complexity index is 419. The van der Waals surface area contributed by atoms with Crippen molar-refractivity contribution in [1.29, 1.82) is 0 Å². The molecule has 1 N–H and O–H groups in total. The molecule has 5 nitrogen and oxygen atoms in total. The number of hydrogen-bond acceptors (Lipinski definition) is 3. The first-order valence-electron chi connectivity index (χ1n) is 5.46. The van der Waals surface area contributed by atoms with Gasteiger partial charge in [0, 0.05) is 0 Å². The Morgan fingerprint density at radius 1 is 1.35 bits per heavy atom. The van der Waals surface area contributed by atoms with Crippen LogP contribution in [0.25, 0.3) is 0 Å². The van der Waals surface area contributed by atoms with Gasteiger partial charge in [-0.25, -0.2) is 9.86 Å². The van der Waals surface area contributed by atoms with Crippen molar-refractivity contribution >= 4 is 11.9 Å². The van der Waals surface area contributed by atoms with Gasteiger partial charge in [0.15, 0.2) is 0 Å². The van der Waals surface area contributed by atoms with Crippen LogP contribution in [0.4, 0.5) is 4.79 Å². The minimum atomic E-state index is -0.496. The van der Waals surface area contributed by atoms with Crippen LogP contribution in [0.15, 0.2) is 30.3 Å². The Morgan fingerprint density at radius 2 is 2.06 bits per heavy atom. The van der Waals surface area contributed by atoms with E-state index < -0.39 is 6.03 Å². The Labute approximate surface area is 99.3 Å². The third kappa shape index (κ3) is 2.82. The van der Waals surface area contributed by atoms with Crippen molar-refractivity contribution < 1.29 is 14.4 Å². The number of hydroxylamine groups is 2. The number of imide groups is 1. The van der Waals surface area contributed by atoms with E-state index in [9.17, 15) is 9.59 Å². The second kappa shape index (κ2) is 4.97. The molecule has 1 aromatic carbocycles. The minimum absolute atomic E-state index is 0.247. The fourth-order valence-corrected chi connectivity index (χ4v) is 1.54. The van der Waals surface area contributed by atoms with Crippen LogP contribution in [-0.2, 0) is 16.2 Å². The van der Waals surface area contributed by atoms with Gasteiger partial charge in [-0.1, -0.05) is 37.3 Å². The lowest BCUT2D eigenvalue weighted by Crippen LogP contribution is -2.53. The number of urea groups is 1. The molecule has 1 fully saturated rings. The molecule has 0 aliphatic carbocycles. The van der Waals surface area contributed by atoms with Crippen LogP contribution in [0, 0.1) is 5.92 Å². The maximum absolute atomic E-state index is 11.4. The van der Waals surface area contributed by atoms with E-state index >= 15 is 0 Å². The highest BCUT2D eigenvalue weighted by atomic mass is 16.7. The summed E-state index contributed by atoms with van der Waals surface area (Å²) in [5, 5.41) is 3.43. The van der Waals surface area contributed by atoms with Crippen LogP contribution in [0.5, 0.6) is 0 Å². The largest absolute Gasteiger partial charge is 0.348 e. The number of hydrogen-bond donors (Lipinski definition) is 1. The number of nitrogens with zero attached hydrogens (tertiary/aromatic N) is 1. The molecule has 1 heterocycles. The molecule has 0 radical (unpaired) electrons. The molecule has 0 saturated carbocycles. The molecule has 0 aromatic heterocycles. The van der Waals surface area contributed by atoms with Crippen LogP contribution >= 0.6 is 0 Å². The first kappa shape index (κ1) is 11.6. The molecule has 1 atom stereocenters. The van der Waals surface area contributed by atoms with E-state index in [0.29, 0.717) is 6.61 Å². The summed E-state index contributed by atoms with van der Waals surface area (Å²) >= 11 is 0. The normalized spacial score (nSPS) is 20.3. The van der Waals surface area contributed by atoms with E-state index in [1.165, 1.54) is 5.06 Å². The number of benzene rings is 1. The molecule has 0 spiro atoms. The lowest BCUT2D eigenvalue weighted by molar-refractivity contribution is -0.155. The van der Waals surface area contributed by atoms with E-state index in [-0.39, 0.29) is 18.4 Å². The lowest BCUT2D eigenvalue weighted by atomic mass is 10.1. The molecule has 3 amide bonds. The zero-order valence-electron chi connectivity index (χ0n) is 9.55. The number of carbonyl (C=O) groups is 2. The molecule has 5 heteroatoms. The molecule has 2 rings (SSSR count). The van der Waals surface area contributed by atoms with E-state index in [1.807, 2.05) is 30.3 Å².